The van der Waals surface area contributed by atoms with Gasteiger partial charge in [-0.25, -0.2) is 4.39 Å². The molecule has 0 atom stereocenters. The zero-order chi connectivity index (χ0) is 18.4. The van der Waals surface area contributed by atoms with E-state index in [4.69, 9.17) is 4.74 Å². The molecule has 5 heteroatoms. The third-order valence-electron chi connectivity index (χ3n) is 4.94. The Morgan fingerprint density at radius 1 is 1.15 bits per heavy atom. The Balaban J connectivity index is 1.44. The molecular formula is C21H25FN2O2. The highest BCUT2D eigenvalue weighted by atomic mass is 19.1. The van der Waals surface area contributed by atoms with E-state index >= 15 is 0 Å². The Hall–Kier alpha value is -2.40. The molecule has 2 aromatic rings. The van der Waals surface area contributed by atoms with Gasteiger partial charge in [-0.3, -0.25) is 4.79 Å². The molecular weight excluding hydrogens is 331 g/mol. The molecule has 1 N–H and O–H groups in total. The summed E-state index contributed by atoms with van der Waals surface area (Å²) in [6, 6.07) is 13.8. The summed E-state index contributed by atoms with van der Waals surface area (Å²) in [4.78, 5) is 14.9. The summed E-state index contributed by atoms with van der Waals surface area (Å²) in [5, 5.41) is 3.41. The molecule has 1 fully saturated rings. The van der Waals surface area contributed by atoms with Crippen molar-refractivity contribution in [3.63, 3.8) is 0 Å². The van der Waals surface area contributed by atoms with E-state index in [1.807, 2.05) is 24.3 Å². The number of likely N-dealkylation sites (tertiary alicyclic amines) is 1. The normalized spacial score (nSPS) is 15.6. The minimum atomic E-state index is -0.307. The van der Waals surface area contributed by atoms with E-state index in [0.29, 0.717) is 5.56 Å². The van der Waals surface area contributed by atoms with Gasteiger partial charge in [0.05, 0.1) is 12.8 Å². The molecule has 0 bridgehead atoms. The number of ketones is 1. The molecule has 138 valence electrons. The third kappa shape index (κ3) is 4.61. The van der Waals surface area contributed by atoms with E-state index in [2.05, 4.69) is 10.2 Å². The lowest BCUT2D eigenvalue weighted by molar-refractivity contribution is 0.0843. The zero-order valence-corrected chi connectivity index (χ0v) is 15.1. The van der Waals surface area contributed by atoms with Crippen LogP contribution in [0.3, 0.4) is 0 Å². The second-order valence-electron chi connectivity index (χ2n) is 6.61. The molecule has 0 amide bonds. The molecule has 0 aliphatic carbocycles. The minimum absolute atomic E-state index is 0.0406. The number of benzene rings is 2. The van der Waals surface area contributed by atoms with Gasteiger partial charge in [0.25, 0.3) is 0 Å². The number of carbonyl (C=O) groups excluding carboxylic acids is 1. The van der Waals surface area contributed by atoms with Crippen LogP contribution in [0.5, 0.6) is 5.75 Å². The van der Waals surface area contributed by atoms with Gasteiger partial charge >= 0.3 is 0 Å². The van der Waals surface area contributed by atoms with Crippen molar-refractivity contribution >= 4 is 11.5 Å². The van der Waals surface area contributed by atoms with Crippen LogP contribution in [-0.2, 0) is 0 Å². The molecule has 1 saturated heterocycles. The number of para-hydroxylation sites is 2. The molecule has 0 unspecified atom stereocenters. The summed E-state index contributed by atoms with van der Waals surface area (Å²) in [6.45, 7) is 3.57. The SMILES string of the molecule is COc1ccccc1NCCN1CCC(C(=O)c2ccc(F)cc2)CC1. The van der Waals surface area contributed by atoms with E-state index in [9.17, 15) is 9.18 Å². The van der Waals surface area contributed by atoms with Gasteiger partial charge in [0.1, 0.15) is 11.6 Å². The number of anilines is 1. The fraction of sp³-hybridized carbons (Fsp3) is 0.381. The predicted octanol–water partition coefficient (Wildman–Crippen LogP) is 3.84. The third-order valence-corrected chi connectivity index (χ3v) is 4.94. The summed E-state index contributed by atoms with van der Waals surface area (Å²) in [5.41, 5.74) is 1.61. The number of methoxy groups -OCH3 is 1. The van der Waals surface area contributed by atoms with Gasteiger partial charge in [-0.05, 0) is 62.3 Å². The number of nitrogens with one attached hydrogen (secondary N) is 1. The van der Waals surface area contributed by atoms with E-state index in [0.717, 1.165) is 50.5 Å². The van der Waals surface area contributed by atoms with Gasteiger partial charge in [-0.2, -0.15) is 0 Å². The molecule has 3 rings (SSSR count). The minimum Gasteiger partial charge on any atom is -0.495 e. The number of hydrogen-bond donors (Lipinski definition) is 1. The molecule has 0 radical (unpaired) electrons. The molecule has 2 aromatic carbocycles. The summed E-state index contributed by atoms with van der Waals surface area (Å²) in [6.07, 6.45) is 1.70. The molecule has 0 aromatic heterocycles. The lowest BCUT2D eigenvalue weighted by atomic mass is 9.89. The van der Waals surface area contributed by atoms with Crippen LogP contribution in [0.15, 0.2) is 48.5 Å². The maximum absolute atomic E-state index is 13.0. The van der Waals surface area contributed by atoms with Crippen LogP contribution >= 0.6 is 0 Å². The summed E-state index contributed by atoms with van der Waals surface area (Å²) in [5.74, 6) is 0.714. The first kappa shape index (κ1) is 18.4. The van der Waals surface area contributed by atoms with Gasteiger partial charge in [0, 0.05) is 24.6 Å². The van der Waals surface area contributed by atoms with Crippen LogP contribution in [0.1, 0.15) is 23.2 Å². The summed E-state index contributed by atoms with van der Waals surface area (Å²) >= 11 is 0. The number of ether oxygens (including phenoxy) is 1. The van der Waals surface area contributed by atoms with Crippen LogP contribution in [0.4, 0.5) is 10.1 Å². The molecule has 26 heavy (non-hydrogen) atoms. The monoisotopic (exact) mass is 356 g/mol. The van der Waals surface area contributed by atoms with Gasteiger partial charge in [0.15, 0.2) is 5.78 Å². The fourth-order valence-corrected chi connectivity index (χ4v) is 3.41. The van der Waals surface area contributed by atoms with Gasteiger partial charge < -0.3 is 15.0 Å². The zero-order valence-electron chi connectivity index (χ0n) is 15.1. The maximum Gasteiger partial charge on any atom is 0.166 e. The molecule has 0 saturated carbocycles. The summed E-state index contributed by atoms with van der Waals surface area (Å²) in [7, 11) is 1.67. The van der Waals surface area contributed by atoms with Crippen LogP contribution in [0.25, 0.3) is 0 Å². The number of carbonyl (C=O) groups is 1. The quantitative estimate of drug-likeness (QED) is 0.766. The van der Waals surface area contributed by atoms with Crippen LogP contribution in [0, 0.1) is 11.7 Å². The highest BCUT2D eigenvalue weighted by Gasteiger charge is 2.25. The van der Waals surface area contributed by atoms with Crippen molar-refractivity contribution in [2.45, 2.75) is 12.8 Å². The van der Waals surface area contributed by atoms with Crippen LogP contribution in [-0.4, -0.2) is 44.0 Å². The van der Waals surface area contributed by atoms with Crippen molar-refractivity contribution in [2.75, 3.05) is 38.6 Å². The first-order valence-corrected chi connectivity index (χ1v) is 9.06. The van der Waals surface area contributed by atoms with Crippen molar-refractivity contribution in [2.24, 2.45) is 5.92 Å². The van der Waals surface area contributed by atoms with Gasteiger partial charge in [-0.1, -0.05) is 12.1 Å². The van der Waals surface area contributed by atoms with Gasteiger partial charge in [0.2, 0.25) is 0 Å². The van der Waals surface area contributed by atoms with E-state index in [1.165, 1.54) is 12.1 Å². The highest BCUT2D eigenvalue weighted by Crippen LogP contribution is 2.24. The second-order valence-corrected chi connectivity index (χ2v) is 6.61. The Bertz CT molecular complexity index is 725. The number of Topliss-reactive ketones (excluding diaryl/α,β-unsaturated/α-hetero) is 1. The Labute approximate surface area is 154 Å². The average molecular weight is 356 g/mol. The average Bonchev–Trinajstić information content (AvgIpc) is 2.69. The molecule has 1 heterocycles. The fourth-order valence-electron chi connectivity index (χ4n) is 3.41. The van der Waals surface area contributed by atoms with Crippen LogP contribution in [0.2, 0.25) is 0 Å². The maximum atomic E-state index is 13.0. The molecule has 0 spiro atoms. The predicted molar refractivity (Wildman–Crippen MR) is 101 cm³/mol. The number of piperidine rings is 1. The lowest BCUT2D eigenvalue weighted by Crippen LogP contribution is -2.38. The topological polar surface area (TPSA) is 41.6 Å². The largest absolute Gasteiger partial charge is 0.495 e. The first-order valence-electron chi connectivity index (χ1n) is 9.06. The number of rotatable bonds is 7. The molecule has 1 aliphatic rings. The van der Waals surface area contributed by atoms with Crippen molar-refractivity contribution in [3.8, 4) is 5.75 Å². The van der Waals surface area contributed by atoms with E-state index in [1.54, 1.807) is 19.2 Å². The molecule has 1 aliphatic heterocycles. The molecule has 4 nitrogen and oxygen atoms in total. The standard InChI is InChI=1S/C21H25FN2O2/c1-26-20-5-3-2-4-19(20)23-12-15-24-13-10-17(11-14-24)21(25)16-6-8-18(22)9-7-16/h2-9,17,23H,10-15H2,1H3. The Kier molecular flexibility index (Phi) is 6.23. The van der Waals surface area contributed by atoms with Crippen molar-refractivity contribution in [1.82, 2.24) is 4.90 Å². The summed E-state index contributed by atoms with van der Waals surface area (Å²) < 4.78 is 18.3. The lowest BCUT2D eigenvalue weighted by Gasteiger charge is -2.31. The number of halogens is 1. The Morgan fingerprint density at radius 2 is 1.85 bits per heavy atom. The highest BCUT2D eigenvalue weighted by molar-refractivity contribution is 5.97. The Morgan fingerprint density at radius 3 is 2.54 bits per heavy atom. The smallest absolute Gasteiger partial charge is 0.166 e. The number of nitrogens with zero attached hydrogens (tertiary/aromatic N) is 1. The number of hydrogen-bond acceptors (Lipinski definition) is 4. The van der Waals surface area contributed by atoms with Crippen molar-refractivity contribution < 1.29 is 13.9 Å². The van der Waals surface area contributed by atoms with Crippen LogP contribution < -0.4 is 10.1 Å². The van der Waals surface area contributed by atoms with E-state index < -0.39 is 0 Å². The second kappa shape index (κ2) is 8.81. The van der Waals surface area contributed by atoms with E-state index in [-0.39, 0.29) is 17.5 Å². The van der Waals surface area contributed by atoms with Gasteiger partial charge in [-0.15, -0.1) is 0 Å². The van der Waals surface area contributed by atoms with Crippen molar-refractivity contribution in [3.05, 3.63) is 59.9 Å². The van der Waals surface area contributed by atoms with Crippen molar-refractivity contribution in [1.29, 1.82) is 0 Å². The first-order chi connectivity index (χ1) is 12.7.